The molecule has 1 N–H and O–H groups in total. The molecule has 1 aromatic heterocycles. The monoisotopic (exact) mass is 348 g/mol. The Kier molecular flexibility index (Phi) is 4.52. The molecule has 0 spiro atoms. The number of aryl methyl sites for hydroxylation is 1. The van der Waals surface area contributed by atoms with E-state index in [1.807, 2.05) is 31.2 Å². The Labute approximate surface area is 152 Å². The smallest absolute Gasteiger partial charge is 0.232 e. The van der Waals surface area contributed by atoms with Gasteiger partial charge >= 0.3 is 0 Å². The Balaban J connectivity index is 1.50. The van der Waals surface area contributed by atoms with Gasteiger partial charge in [-0.25, -0.2) is 9.37 Å². The van der Waals surface area contributed by atoms with Gasteiger partial charge in [-0.2, -0.15) is 4.98 Å². The zero-order valence-corrected chi connectivity index (χ0v) is 14.7. The van der Waals surface area contributed by atoms with Crippen LogP contribution in [-0.4, -0.2) is 23.1 Å². The highest BCUT2D eigenvalue weighted by molar-refractivity contribution is 5.66. The van der Waals surface area contributed by atoms with E-state index < -0.39 is 0 Å². The number of aromatic nitrogens is 2. The van der Waals surface area contributed by atoms with Crippen LogP contribution >= 0.6 is 0 Å². The minimum atomic E-state index is -0.164. The number of hydrogen-bond acceptors (Lipinski definition) is 4. The van der Waals surface area contributed by atoms with Gasteiger partial charge in [-0.05, 0) is 43.0 Å². The molecule has 0 radical (unpaired) electrons. The van der Waals surface area contributed by atoms with Crippen molar-refractivity contribution in [2.24, 2.45) is 0 Å². The van der Waals surface area contributed by atoms with Gasteiger partial charge < -0.3 is 10.2 Å². The summed E-state index contributed by atoms with van der Waals surface area (Å²) in [5, 5.41) is 3.30. The second-order valence-electron chi connectivity index (χ2n) is 6.49. The summed E-state index contributed by atoms with van der Waals surface area (Å²) in [6, 6.07) is 17.2. The van der Waals surface area contributed by atoms with Gasteiger partial charge in [-0.1, -0.05) is 36.4 Å². The predicted molar refractivity (Wildman–Crippen MR) is 103 cm³/mol. The molecule has 4 rings (SSSR count). The van der Waals surface area contributed by atoms with Crippen LogP contribution in [0.15, 0.2) is 54.6 Å². The number of para-hydroxylation sites is 1. The molecule has 0 aliphatic carbocycles. The first kappa shape index (κ1) is 16.5. The number of benzene rings is 2. The average Bonchev–Trinajstić information content (AvgIpc) is 3.07. The Bertz CT molecular complexity index is 925. The number of nitrogens with zero attached hydrogens (tertiary/aromatic N) is 3. The number of anilines is 3. The lowest BCUT2D eigenvalue weighted by molar-refractivity contribution is 0.610. The van der Waals surface area contributed by atoms with Crippen molar-refractivity contribution < 1.29 is 4.39 Å². The van der Waals surface area contributed by atoms with E-state index in [-0.39, 0.29) is 5.82 Å². The molecule has 1 aliphatic heterocycles. The number of fused-ring (bicyclic) bond motifs is 1. The minimum absolute atomic E-state index is 0.164. The summed E-state index contributed by atoms with van der Waals surface area (Å²) in [5.74, 6) is 1.32. The van der Waals surface area contributed by atoms with E-state index in [2.05, 4.69) is 38.4 Å². The molecule has 2 heterocycles. The van der Waals surface area contributed by atoms with Gasteiger partial charge in [-0.15, -0.1) is 0 Å². The van der Waals surface area contributed by atoms with Crippen molar-refractivity contribution in [1.82, 2.24) is 9.97 Å². The van der Waals surface area contributed by atoms with Gasteiger partial charge in [-0.3, -0.25) is 0 Å². The largest absolute Gasteiger partial charge is 0.370 e. The lowest BCUT2D eigenvalue weighted by Gasteiger charge is -2.18. The van der Waals surface area contributed by atoms with E-state index in [4.69, 9.17) is 0 Å². The first-order valence-electron chi connectivity index (χ1n) is 8.89. The van der Waals surface area contributed by atoms with Crippen LogP contribution in [0.3, 0.4) is 0 Å². The molecular weight excluding hydrogens is 327 g/mol. The summed E-state index contributed by atoms with van der Waals surface area (Å²) < 4.78 is 13.7. The molecule has 4 nitrogen and oxygen atoms in total. The summed E-state index contributed by atoms with van der Waals surface area (Å²) >= 11 is 0. The molecule has 0 bridgehead atoms. The van der Waals surface area contributed by atoms with Crippen LogP contribution in [0, 0.1) is 12.7 Å². The molecule has 3 aromatic rings. The van der Waals surface area contributed by atoms with Crippen LogP contribution < -0.4 is 10.2 Å². The molecule has 0 amide bonds. The lowest BCUT2D eigenvalue weighted by Crippen LogP contribution is -2.18. The highest BCUT2D eigenvalue weighted by Gasteiger charge is 2.22. The molecule has 0 saturated heterocycles. The molecule has 1 aliphatic rings. The SMILES string of the molecule is Cc1cc(NCCc2ccccc2F)nc(N2CCc3ccccc32)n1. The molecule has 26 heavy (non-hydrogen) atoms. The standard InChI is InChI=1S/C21H21FN4/c1-15-14-20(23-12-10-16-6-2-4-8-18(16)22)25-21(24-15)26-13-11-17-7-3-5-9-19(17)26/h2-9,14H,10-13H2,1H3,(H,23,24,25). The summed E-state index contributed by atoms with van der Waals surface area (Å²) in [4.78, 5) is 11.4. The highest BCUT2D eigenvalue weighted by atomic mass is 19.1. The first-order chi connectivity index (χ1) is 12.7. The maximum atomic E-state index is 13.7. The quantitative estimate of drug-likeness (QED) is 0.747. The van der Waals surface area contributed by atoms with Crippen molar-refractivity contribution in [2.45, 2.75) is 19.8 Å². The fourth-order valence-corrected chi connectivity index (χ4v) is 3.34. The molecule has 0 atom stereocenters. The van der Waals surface area contributed by atoms with E-state index in [1.54, 1.807) is 6.07 Å². The van der Waals surface area contributed by atoms with Crippen molar-refractivity contribution >= 4 is 17.5 Å². The zero-order valence-electron chi connectivity index (χ0n) is 14.7. The molecule has 0 fully saturated rings. The maximum absolute atomic E-state index is 13.7. The van der Waals surface area contributed by atoms with Crippen molar-refractivity contribution in [2.75, 3.05) is 23.3 Å². The van der Waals surface area contributed by atoms with Crippen molar-refractivity contribution in [1.29, 1.82) is 0 Å². The van der Waals surface area contributed by atoms with Gasteiger partial charge in [0, 0.05) is 30.5 Å². The second kappa shape index (κ2) is 7.12. The molecule has 0 unspecified atom stereocenters. The lowest BCUT2D eigenvalue weighted by atomic mass is 10.1. The van der Waals surface area contributed by atoms with E-state index >= 15 is 0 Å². The van der Waals surface area contributed by atoms with Crippen LogP contribution in [0.4, 0.5) is 21.8 Å². The van der Waals surface area contributed by atoms with Crippen molar-refractivity contribution in [3.63, 3.8) is 0 Å². The first-order valence-corrected chi connectivity index (χ1v) is 8.89. The van der Waals surface area contributed by atoms with Crippen molar-refractivity contribution in [3.05, 3.63) is 77.2 Å². The third kappa shape index (κ3) is 3.38. The molecule has 132 valence electrons. The van der Waals surface area contributed by atoms with E-state index in [0.717, 1.165) is 24.5 Å². The fraction of sp³-hybridized carbons (Fsp3) is 0.238. The third-order valence-corrected chi connectivity index (χ3v) is 4.63. The third-order valence-electron chi connectivity index (χ3n) is 4.63. The predicted octanol–water partition coefficient (Wildman–Crippen LogP) is 4.27. The Morgan fingerprint density at radius 3 is 2.77 bits per heavy atom. The second-order valence-corrected chi connectivity index (χ2v) is 6.49. The number of halogens is 1. The minimum Gasteiger partial charge on any atom is -0.370 e. The summed E-state index contributed by atoms with van der Waals surface area (Å²) in [7, 11) is 0. The number of hydrogen-bond donors (Lipinski definition) is 1. The summed E-state index contributed by atoms with van der Waals surface area (Å²) in [6.07, 6.45) is 1.61. The molecule has 5 heteroatoms. The van der Waals surface area contributed by atoms with E-state index in [1.165, 1.54) is 17.3 Å². The zero-order chi connectivity index (χ0) is 17.9. The van der Waals surface area contributed by atoms with Gasteiger partial charge in [0.05, 0.1) is 0 Å². The van der Waals surface area contributed by atoms with Crippen molar-refractivity contribution in [3.8, 4) is 0 Å². The van der Waals surface area contributed by atoms with E-state index in [9.17, 15) is 4.39 Å². The Hall–Kier alpha value is -2.95. The molecule has 0 saturated carbocycles. The topological polar surface area (TPSA) is 41.1 Å². The van der Waals surface area contributed by atoms with Crippen LogP contribution in [0.25, 0.3) is 0 Å². The van der Waals surface area contributed by atoms with Crippen LogP contribution in [-0.2, 0) is 12.8 Å². The van der Waals surface area contributed by atoms with Gasteiger partial charge in [0.25, 0.3) is 0 Å². The summed E-state index contributed by atoms with van der Waals surface area (Å²) in [5.41, 5.74) is 4.12. The Morgan fingerprint density at radius 2 is 1.88 bits per heavy atom. The average molecular weight is 348 g/mol. The fourth-order valence-electron chi connectivity index (χ4n) is 3.34. The molecule has 2 aromatic carbocycles. The summed E-state index contributed by atoms with van der Waals surface area (Å²) in [6.45, 7) is 3.47. The van der Waals surface area contributed by atoms with Crippen LogP contribution in [0.1, 0.15) is 16.8 Å². The van der Waals surface area contributed by atoms with Gasteiger partial charge in [0.1, 0.15) is 11.6 Å². The van der Waals surface area contributed by atoms with Gasteiger partial charge in [0.15, 0.2) is 0 Å². The number of nitrogens with one attached hydrogen (secondary N) is 1. The van der Waals surface area contributed by atoms with Crippen LogP contribution in [0.2, 0.25) is 0 Å². The van der Waals surface area contributed by atoms with Crippen LogP contribution in [0.5, 0.6) is 0 Å². The normalized spacial score (nSPS) is 12.9. The highest BCUT2D eigenvalue weighted by Crippen LogP contribution is 2.32. The Morgan fingerprint density at radius 1 is 1.08 bits per heavy atom. The number of rotatable bonds is 5. The maximum Gasteiger partial charge on any atom is 0.232 e. The molecular formula is C21H21FN4. The van der Waals surface area contributed by atoms with Gasteiger partial charge in [0.2, 0.25) is 5.95 Å². The van der Waals surface area contributed by atoms with E-state index in [0.29, 0.717) is 24.5 Å².